The number of hydrogen-bond acceptors (Lipinski definition) is 4. The van der Waals surface area contributed by atoms with Crippen LogP contribution < -0.4 is 5.73 Å². The molecule has 1 aromatic rings. The lowest BCUT2D eigenvalue weighted by Gasteiger charge is -2.26. The van der Waals surface area contributed by atoms with Crippen LogP contribution in [0.3, 0.4) is 0 Å². The van der Waals surface area contributed by atoms with Gasteiger partial charge in [0.15, 0.2) is 0 Å². The molecule has 0 radical (unpaired) electrons. The number of hydrogen-bond donors (Lipinski definition) is 1. The fraction of sp³-hybridized carbons (Fsp3) is 0.444. The molecule has 2 N–H and O–H groups in total. The van der Waals surface area contributed by atoms with E-state index in [-0.39, 0.29) is 12.5 Å². The van der Waals surface area contributed by atoms with Crippen LogP contribution in [0.4, 0.5) is 0 Å². The molecule has 0 aliphatic carbocycles. The second-order valence-corrected chi connectivity index (χ2v) is 3.22. The Hall–Kier alpha value is -1.49. The average Bonchev–Trinajstić information content (AvgIpc) is 2.27. The van der Waals surface area contributed by atoms with Crippen molar-refractivity contribution in [2.45, 2.75) is 13.0 Å². The Labute approximate surface area is 82.0 Å². The first-order valence-electron chi connectivity index (χ1n) is 4.58. The highest BCUT2D eigenvalue weighted by molar-refractivity contribution is 5.78. The van der Waals surface area contributed by atoms with Crippen LogP contribution in [-0.4, -0.2) is 33.9 Å². The highest BCUT2D eigenvalue weighted by Crippen LogP contribution is 2.13. The van der Waals surface area contributed by atoms with Crippen molar-refractivity contribution in [2.24, 2.45) is 5.73 Å². The van der Waals surface area contributed by atoms with Gasteiger partial charge in [0.2, 0.25) is 5.91 Å². The first kappa shape index (κ1) is 9.08. The number of nitrogens with zero attached hydrogens (tertiary/aromatic N) is 3. The van der Waals surface area contributed by atoms with E-state index >= 15 is 0 Å². The smallest absolute Gasteiger partial charge is 0.236 e. The van der Waals surface area contributed by atoms with Crippen LogP contribution in [-0.2, 0) is 17.8 Å². The van der Waals surface area contributed by atoms with Crippen molar-refractivity contribution in [3.63, 3.8) is 0 Å². The zero-order valence-corrected chi connectivity index (χ0v) is 7.81. The van der Waals surface area contributed by atoms with E-state index in [2.05, 4.69) is 9.97 Å². The van der Waals surface area contributed by atoms with Crippen LogP contribution >= 0.6 is 0 Å². The molecule has 0 unspecified atom stereocenters. The summed E-state index contributed by atoms with van der Waals surface area (Å²) >= 11 is 0. The Morgan fingerprint density at radius 3 is 2.86 bits per heavy atom. The van der Waals surface area contributed by atoms with Gasteiger partial charge in [-0.2, -0.15) is 0 Å². The molecule has 5 heteroatoms. The van der Waals surface area contributed by atoms with Crippen molar-refractivity contribution in [3.05, 3.63) is 23.8 Å². The average molecular weight is 192 g/mol. The Balaban J connectivity index is 2.17. The molecule has 0 saturated carbocycles. The molecule has 1 amide bonds. The summed E-state index contributed by atoms with van der Waals surface area (Å²) in [6.07, 6.45) is 4.10. The molecule has 1 aromatic heterocycles. The Morgan fingerprint density at radius 2 is 2.14 bits per heavy atom. The summed E-state index contributed by atoms with van der Waals surface area (Å²) in [5.74, 6) is -0.0266. The van der Waals surface area contributed by atoms with Gasteiger partial charge in [0, 0.05) is 25.4 Å². The SMILES string of the molecule is NCC(=O)N1CCc2nccnc2C1. The Bertz CT molecular complexity index is 352. The summed E-state index contributed by atoms with van der Waals surface area (Å²) in [5, 5.41) is 0. The van der Waals surface area contributed by atoms with Gasteiger partial charge < -0.3 is 10.6 Å². The van der Waals surface area contributed by atoms with Crippen LogP contribution in [0.1, 0.15) is 11.4 Å². The van der Waals surface area contributed by atoms with Gasteiger partial charge in [0.05, 0.1) is 24.5 Å². The van der Waals surface area contributed by atoms with Gasteiger partial charge in [-0.3, -0.25) is 14.8 Å². The molecule has 0 bridgehead atoms. The Kier molecular flexibility index (Phi) is 2.41. The van der Waals surface area contributed by atoms with Gasteiger partial charge in [-0.25, -0.2) is 0 Å². The van der Waals surface area contributed by atoms with Crippen molar-refractivity contribution in [3.8, 4) is 0 Å². The first-order valence-corrected chi connectivity index (χ1v) is 4.58. The van der Waals surface area contributed by atoms with E-state index in [4.69, 9.17) is 5.73 Å². The molecular formula is C9H12N4O. The zero-order chi connectivity index (χ0) is 9.97. The minimum atomic E-state index is -0.0266. The molecular weight excluding hydrogens is 180 g/mol. The number of fused-ring (bicyclic) bond motifs is 1. The van der Waals surface area contributed by atoms with Gasteiger partial charge in [-0.05, 0) is 0 Å². The second kappa shape index (κ2) is 3.71. The van der Waals surface area contributed by atoms with Gasteiger partial charge in [0.1, 0.15) is 0 Å². The van der Waals surface area contributed by atoms with Crippen LogP contribution in [0.5, 0.6) is 0 Å². The standard InChI is InChI=1S/C9H12N4O/c10-5-9(14)13-4-1-7-8(6-13)12-3-2-11-7/h2-3H,1,4-6,10H2. The zero-order valence-electron chi connectivity index (χ0n) is 7.81. The van der Waals surface area contributed by atoms with E-state index in [1.54, 1.807) is 17.3 Å². The molecule has 0 saturated heterocycles. The maximum absolute atomic E-state index is 11.3. The van der Waals surface area contributed by atoms with Gasteiger partial charge in [0.25, 0.3) is 0 Å². The van der Waals surface area contributed by atoms with Crippen molar-refractivity contribution < 1.29 is 4.79 Å². The maximum Gasteiger partial charge on any atom is 0.236 e. The third kappa shape index (κ3) is 1.58. The monoisotopic (exact) mass is 192 g/mol. The van der Waals surface area contributed by atoms with E-state index in [0.29, 0.717) is 13.1 Å². The minimum Gasteiger partial charge on any atom is -0.335 e. The van der Waals surface area contributed by atoms with Gasteiger partial charge >= 0.3 is 0 Å². The number of nitrogens with two attached hydrogens (primary N) is 1. The molecule has 1 aliphatic heterocycles. The van der Waals surface area contributed by atoms with Crippen molar-refractivity contribution in [1.82, 2.24) is 14.9 Å². The number of rotatable bonds is 1. The summed E-state index contributed by atoms with van der Waals surface area (Å²) < 4.78 is 0. The molecule has 2 rings (SSSR count). The van der Waals surface area contributed by atoms with E-state index in [1.807, 2.05) is 0 Å². The van der Waals surface area contributed by atoms with Crippen molar-refractivity contribution in [1.29, 1.82) is 0 Å². The lowest BCUT2D eigenvalue weighted by Crippen LogP contribution is -2.40. The molecule has 0 aromatic carbocycles. The summed E-state index contributed by atoms with van der Waals surface area (Å²) in [7, 11) is 0. The van der Waals surface area contributed by atoms with Gasteiger partial charge in [-0.1, -0.05) is 0 Å². The first-order chi connectivity index (χ1) is 6.81. The maximum atomic E-state index is 11.3. The Morgan fingerprint density at radius 1 is 1.43 bits per heavy atom. The minimum absolute atomic E-state index is 0.0266. The molecule has 14 heavy (non-hydrogen) atoms. The van der Waals surface area contributed by atoms with Crippen molar-refractivity contribution in [2.75, 3.05) is 13.1 Å². The van der Waals surface area contributed by atoms with E-state index in [9.17, 15) is 4.79 Å². The molecule has 2 heterocycles. The molecule has 74 valence electrons. The molecule has 0 atom stereocenters. The largest absolute Gasteiger partial charge is 0.335 e. The van der Waals surface area contributed by atoms with Crippen LogP contribution in [0.25, 0.3) is 0 Å². The number of aromatic nitrogens is 2. The number of carbonyl (C=O) groups is 1. The number of carbonyl (C=O) groups excluding carboxylic acids is 1. The van der Waals surface area contributed by atoms with Crippen LogP contribution in [0.2, 0.25) is 0 Å². The van der Waals surface area contributed by atoms with Crippen molar-refractivity contribution >= 4 is 5.91 Å². The normalized spacial score (nSPS) is 15.1. The number of amides is 1. The fourth-order valence-electron chi connectivity index (χ4n) is 1.58. The summed E-state index contributed by atoms with van der Waals surface area (Å²) in [5.41, 5.74) is 7.18. The molecule has 1 aliphatic rings. The third-order valence-electron chi connectivity index (χ3n) is 2.35. The van der Waals surface area contributed by atoms with Gasteiger partial charge in [-0.15, -0.1) is 0 Å². The second-order valence-electron chi connectivity index (χ2n) is 3.22. The predicted molar refractivity (Wildman–Crippen MR) is 50.2 cm³/mol. The lowest BCUT2D eigenvalue weighted by atomic mass is 10.1. The van der Waals surface area contributed by atoms with E-state index in [1.165, 1.54) is 0 Å². The van der Waals surface area contributed by atoms with E-state index in [0.717, 1.165) is 17.8 Å². The molecule has 5 nitrogen and oxygen atoms in total. The topological polar surface area (TPSA) is 72.1 Å². The van der Waals surface area contributed by atoms with E-state index < -0.39 is 0 Å². The molecule has 0 spiro atoms. The lowest BCUT2D eigenvalue weighted by molar-refractivity contribution is -0.130. The van der Waals surface area contributed by atoms with Crippen LogP contribution in [0.15, 0.2) is 12.4 Å². The highest BCUT2D eigenvalue weighted by atomic mass is 16.2. The predicted octanol–water partition coefficient (Wildman–Crippen LogP) is -0.680. The van der Waals surface area contributed by atoms with Crippen LogP contribution in [0, 0.1) is 0 Å². The third-order valence-corrected chi connectivity index (χ3v) is 2.35. The fourth-order valence-corrected chi connectivity index (χ4v) is 1.58. The highest BCUT2D eigenvalue weighted by Gasteiger charge is 2.20. The quantitative estimate of drug-likeness (QED) is 0.640. The molecule has 0 fully saturated rings. The summed E-state index contributed by atoms with van der Waals surface area (Å²) in [6.45, 7) is 1.30. The summed E-state index contributed by atoms with van der Waals surface area (Å²) in [4.78, 5) is 21.4. The summed E-state index contributed by atoms with van der Waals surface area (Å²) in [6, 6.07) is 0.